The van der Waals surface area contributed by atoms with Crippen LogP contribution in [0.25, 0.3) is 11.3 Å². The van der Waals surface area contributed by atoms with E-state index in [2.05, 4.69) is 15.5 Å². The van der Waals surface area contributed by atoms with Gasteiger partial charge in [0.1, 0.15) is 5.69 Å². The van der Waals surface area contributed by atoms with Crippen LogP contribution >= 0.6 is 11.6 Å². The van der Waals surface area contributed by atoms with E-state index < -0.39 is 5.92 Å². The molecule has 1 fully saturated rings. The molecule has 154 valence electrons. The van der Waals surface area contributed by atoms with E-state index in [9.17, 15) is 8.78 Å². The first kappa shape index (κ1) is 20.4. The van der Waals surface area contributed by atoms with Gasteiger partial charge < -0.3 is 5.32 Å². The lowest BCUT2D eigenvalue weighted by molar-refractivity contribution is -0.128. The van der Waals surface area contributed by atoms with Crippen LogP contribution in [0.5, 0.6) is 0 Å². The maximum absolute atomic E-state index is 13.0. The first-order chi connectivity index (χ1) is 14.4. The van der Waals surface area contributed by atoms with Crippen LogP contribution in [0.2, 0.25) is 5.02 Å². The van der Waals surface area contributed by atoms with E-state index in [1.807, 2.05) is 60.7 Å². The Morgan fingerprint density at radius 1 is 1.03 bits per heavy atom. The molecular formula is C22H20ClF2N5. The Morgan fingerprint density at radius 2 is 1.67 bits per heavy atom. The van der Waals surface area contributed by atoms with Gasteiger partial charge in [-0.3, -0.25) is 10.3 Å². The van der Waals surface area contributed by atoms with Crippen molar-refractivity contribution < 1.29 is 8.78 Å². The second-order valence-electron chi connectivity index (χ2n) is 7.19. The second kappa shape index (κ2) is 8.45. The van der Waals surface area contributed by atoms with Gasteiger partial charge in [0.15, 0.2) is 5.82 Å². The minimum absolute atomic E-state index is 0.214. The van der Waals surface area contributed by atoms with Gasteiger partial charge in [0, 0.05) is 24.2 Å². The Hall–Kier alpha value is -2.90. The molecule has 8 heteroatoms. The molecular weight excluding hydrogens is 408 g/mol. The van der Waals surface area contributed by atoms with E-state index in [1.54, 1.807) is 4.90 Å². The molecule has 1 aliphatic heterocycles. The predicted octanol–water partition coefficient (Wildman–Crippen LogP) is 4.58. The summed E-state index contributed by atoms with van der Waals surface area (Å²) in [7, 11) is 0. The number of benzene rings is 2. The third-order valence-electron chi connectivity index (χ3n) is 4.90. The van der Waals surface area contributed by atoms with E-state index in [1.165, 1.54) is 0 Å². The molecule has 5 nitrogen and oxygen atoms in total. The zero-order chi connectivity index (χ0) is 21.1. The summed E-state index contributed by atoms with van der Waals surface area (Å²) in [5.74, 6) is -2.23. The number of alkyl halides is 2. The molecule has 2 heterocycles. The zero-order valence-corrected chi connectivity index (χ0v) is 16.8. The molecule has 1 aromatic heterocycles. The predicted molar refractivity (Wildman–Crippen MR) is 115 cm³/mol. The van der Waals surface area contributed by atoms with Crippen LogP contribution in [0.15, 0.2) is 60.7 Å². The number of hydrogen-bond donors (Lipinski definition) is 2. The van der Waals surface area contributed by atoms with Gasteiger partial charge in [-0.1, -0.05) is 72.3 Å². The van der Waals surface area contributed by atoms with Gasteiger partial charge in [-0.25, -0.2) is 8.78 Å². The summed E-state index contributed by atoms with van der Waals surface area (Å²) < 4.78 is 26.0. The maximum atomic E-state index is 13.0. The summed E-state index contributed by atoms with van der Waals surface area (Å²) in [6.45, 7) is 0.357. The fraction of sp³-hybridized carbons (Fsp3) is 0.227. The van der Waals surface area contributed by atoms with Gasteiger partial charge in [-0.05, 0) is 0 Å². The summed E-state index contributed by atoms with van der Waals surface area (Å²) in [6, 6.07) is 18.6. The number of likely N-dealkylation sites (tertiary alicyclic amines) is 1. The highest BCUT2D eigenvalue weighted by molar-refractivity contribution is 6.38. The topological polar surface area (TPSA) is 64.9 Å². The molecule has 0 aliphatic carbocycles. The van der Waals surface area contributed by atoms with Crippen LogP contribution in [0.1, 0.15) is 11.1 Å². The monoisotopic (exact) mass is 427 g/mol. The van der Waals surface area contributed by atoms with Gasteiger partial charge in [0.25, 0.3) is 5.92 Å². The molecule has 3 aromatic rings. The molecule has 0 unspecified atom stereocenters. The lowest BCUT2D eigenvalue weighted by atomic mass is 10.0. The quantitative estimate of drug-likeness (QED) is 0.542. The fourth-order valence-corrected chi connectivity index (χ4v) is 3.73. The van der Waals surface area contributed by atoms with Crippen molar-refractivity contribution in [3.05, 3.63) is 76.8 Å². The Morgan fingerprint density at radius 3 is 2.30 bits per heavy atom. The molecule has 30 heavy (non-hydrogen) atoms. The average Bonchev–Trinajstić information content (AvgIpc) is 2.73. The number of aromatic nitrogens is 2. The zero-order valence-electron chi connectivity index (χ0n) is 16.1. The molecule has 0 saturated carbocycles. The molecule has 2 aromatic carbocycles. The van der Waals surface area contributed by atoms with Crippen molar-refractivity contribution in [1.29, 1.82) is 5.41 Å². The summed E-state index contributed by atoms with van der Waals surface area (Å²) >= 11 is 6.72. The molecule has 0 amide bonds. The minimum Gasteiger partial charge on any atom is -0.367 e. The fourth-order valence-electron chi connectivity index (χ4n) is 3.40. The molecule has 4 rings (SSSR count). The Labute approximate surface area is 178 Å². The van der Waals surface area contributed by atoms with Crippen molar-refractivity contribution in [2.24, 2.45) is 0 Å². The van der Waals surface area contributed by atoms with Crippen molar-refractivity contribution in [1.82, 2.24) is 15.1 Å². The van der Waals surface area contributed by atoms with Crippen LogP contribution in [-0.4, -0.2) is 52.9 Å². The molecule has 1 aliphatic rings. The van der Waals surface area contributed by atoms with Crippen LogP contribution in [-0.2, 0) is 0 Å². The molecule has 2 N–H and O–H groups in total. The molecule has 1 saturated heterocycles. The largest absolute Gasteiger partial charge is 0.367 e. The lowest BCUT2D eigenvalue weighted by Gasteiger charge is -2.38. The molecule has 0 atom stereocenters. The van der Waals surface area contributed by atoms with Gasteiger partial charge >= 0.3 is 0 Å². The SMILES string of the molecule is N=C(c1ccccc1)c1c(NCCN2CC(F)(F)C2)nnc(-c2ccccc2)c1Cl. The average molecular weight is 428 g/mol. The third-order valence-corrected chi connectivity index (χ3v) is 5.27. The summed E-state index contributed by atoms with van der Waals surface area (Å²) in [4.78, 5) is 1.66. The molecule has 0 spiro atoms. The van der Waals surface area contributed by atoms with Gasteiger partial charge in [-0.15, -0.1) is 10.2 Å². The Kier molecular flexibility index (Phi) is 5.74. The highest BCUT2D eigenvalue weighted by Crippen LogP contribution is 2.33. The number of anilines is 1. The molecule has 0 bridgehead atoms. The number of hydrogen-bond acceptors (Lipinski definition) is 5. The van der Waals surface area contributed by atoms with E-state index in [4.69, 9.17) is 17.0 Å². The normalized spacial score (nSPS) is 15.4. The van der Waals surface area contributed by atoms with Crippen LogP contribution in [0.4, 0.5) is 14.6 Å². The van der Waals surface area contributed by atoms with E-state index in [0.29, 0.717) is 40.8 Å². The van der Waals surface area contributed by atoms with E-state index in [0.717, 1.165) is 5.56 Å². The first-order valence-electron chi connectivity index (χ1n) is 9.54. The summed E-state index contributed by atoms with van der Waals surface area (Å²) in [5, 5.41) is 20.7. The van der Waals surface area contributed by atoms with Crippen molar-refractivity contribution in [2.75, 3.05) is 31.5 Å². The molecule has 0 radical (unpaired) electrons. The van der Waals surface area contributed by atoms with Crippen molar-refractivity contribution in [3.8, 4) is 11.3 Å². The maximum Gasteiger partial charge on any atom is 0.272 e. The van der Waals surface area contributed by atoms with Crippen LogP contribution in [0, 0.1) is 5.41 Å². The lowest BCUT2D eigenvalue weighted by Crippen LogP contribution is -2.57. The van der Waals surface area contributed by atoms with Gasteiger partial charge in [-0.2, -0.15) is 0 Å². The van der Waals surface area contributed by atoms with Crippen molar-refractivity contribution in [3.63, 3.8) is 0 Å². The summed E-state index contributed by atoms with van der Waals surface area (Å²) in [5.41, 5.74) is 2.63. The Balaban J connectivity index is 1.63. The highest BCUT2D eigenvalue weighted by atomic mass is 35.5. The van der Waals surface area contributed by atoms with Gasteiger partial charge in [0.05, 0.1) is 29.4 Å². The van der Waals surface area contributed by atoms with Crippen molar-refractivity contribution in [2.45, 2.75) is 5.92 Å². The van der Waals surface area contributed by atoms with E-state index in [-0.39, 0.29) is 18.8 Å². The number of nitrogens with one attached hydrogen (secondary N) is 2. The number of rotatable bonds is 7. The second-order valence-corrected chi connectivity index (χ2v) is 7.56. The number of nitrogens with zero attached hydrogens (tertiary/aromatic N) is 3. The Bertz CT molecular complexity index is 1040. The van der Waals surface area contributed by atoms with Crippen LogP contribution in [0.3, 0.4) is 0 Å². The third kappa shape index (κ3) is 4.32. The van der Waals surface area contributed by atoms with Gasteiger partial charge in [0.2, 0.25) is 0 Å². The summed E-state index contributed by atoms with van der Waals surface area (Å²) in [6.07, 6.45) is 0. The number of halogens is 3. The van der Waals surface area contributed by atoms with Crippen molar-refractivity contribution >= 4 is 23.1 Å². The minimum atomic E-state index is -2.60. The highest BCUT2D eigenvalue weighted by Gasteiger charge is 2.43. The first-order valence-corrected chi connectivity index (χ1v) is 9.92. The standard InChI is InChI=1S/C22H20ClF2N5/c23-18-17(19(26)15-7-3-1-4-8-15)21(27-11-12-30-13-22(24,25)14-30)29-28-20(18)16-9-5-2-6-10-16/h1-10,26H,11-14H2,(H,27,29). The van der Waals surface area contributed by atoms with Crippen LogP contribution < -0.4 is 5.32 Å². The smallest absolute Gasteiger partial charge is 0.272 e. The van der Waals surface area contributed by atoms with E-state index >= 15 is 0 Å².